The Bertz CT molecular complexity index is 338. The molecule has 2 rings (SSSR count). The molecule has 2 unspecified atom stereocenters. The molecule has 0 N–H and O–H groups in total. The van der Waals surface area contributed by atoms with Crippen LogP contribution in [-0.2, 0) is 0 Å². The molecule has 0 nitrogen and oxygen atoms in total. The predicted molar refractivity (Wildman–Crippen MR) is 66.3 cm³/mol. The van der Waals surface area contributed by atoms with Gasteiger partial charge in [0.15, 0.2) is 0 Å². The summed E-state index contributed by atoms with van der Waals surface area (Å²) in [5.41, 5.74) is 0. The molecule has 0 saturated heterocycles. The van der Waals surface area contributed by atoms with Crippen molar-refractivity contribution in [3.8, 4) is 5.04 Å². The molecule has 0 fully saturated rings. The van der Waals surface area contributed by atoms with E-state index in [1.54, 1.807) is 20.1 Å². The van der Waals surface area contributed by atoms with Gasteiger partial charge in [-0.15, -0.1) is 0 Å². The molecular weight excluding hydrogens is 239 g/mol. The number of hydrogen-bond acceptors (Lipinski definition) is 0. The van der Waals surface area contributed by atoms with Crippen LogP contribution in [0.1, 0.15) is 0 Å². The molecule has 2 aliphatic rings. The van der Waals surface area contributed by atoms with Crippen LogP contribution < -0.4 is 0 Å². The molecule has 5 heteroatoms. The summed E-state index contributed by atoms with van der Waals surface area (Å²) in [6.45, 7) is 0. The minimum absolute atomic E-state index is 0.104. The Balaban J connectivity index is 2.71. The molecule has 0 spiro atoms. The highest BCUT2D eigenvalue weighted by Gasteiger charge is 1.93. The molecule has 0 aromatic carbocycles. The van der Waals surface area contributed by atoms with Crippen LogP contribution in [0.15, 0.2) is 36.1 Å². The zero-order valence-corrected chi connectivity index (χ0v) is 10.8. The zero-order chi connectivity index (χ0) is 8.23. The zero-order valence-electron chi connectivity index (χ0n) is 6.25. The van der Waals surface area contributed by atoms with Gasteiger partial charge >= 0.3 is 0 Å². The summed E-state index contributed by atoms with van der Waals surface area (Å²) >= 11 is 0. The highest BCUT2D eigenvalue weighted by atomic mass is 32.4. The molecule has 0 aromatic rings. The molecule has 2 aliphatic heterocycles. The van der Waals surface area contributed by atoms with Crippen LogP contribution in [-0.4, -0.2) is 0 Å². The van der Waals surface area contributed by atoms with Crippen LogP contribution in [0.25, 0.3) is 5.04 Å². The van der Waals surface area contributed by atoms with Gasteiger partial charge in [-0.25, -0.2) is 0 Å². The van der Waals surface area contributed by atoms with Crippen molar-refractivity contribution in [2.45, 2.75) is 0 Å². The van der Waals surface area contributed by atoms with Crippen molar-refractivity contribution < 1.29 is 0 Å². The van der Waals surface area contributed by atoms with E-state index in [1.165, 1.54) is 7.87 Å². The fourth-order valence-corrected chi connectivity index (χ4v) is 21.2. The van der Waals surface area contributed by atoms with Gasteiger partial charge in [0.1, 0.15) is 0 Å². The van der Waals surface area contributed by atoms with Crippen molar-refractivity contribution in [3.63, 3.8) is 0 Å². The molecule has 0 aromatic heterocycles. The van der Waals surface area contributed by atoms with Crippen molar-refractivity contribution in [1.82, 2.24) is 0 Å². The van der Waals surface area contributed by atoms with Crippen LogP contribution >= 0.6 is 37.7 Å². The second kappa shape index (κ2) is 4.72. The summed E-state index contributed by atoms with van der Waals surface area (Å²) in [7, 11) is 5.99. The summed E-state index contributed by atoms with van der Waals surface area (Å²) in [6, 6.07) is 10.9. The topological polar surface area (TPSA) is 0 Å². The smallest absolute Gasteiger partial charge is 0.0337 e. The monoisotopic (exact) mass is 246 g/mol. The summed E-state index contributed by atoms with van der Waals surface area (Å²) in [4.78, 5) is 0. The highest BCUT2D eigenvalue weighted by molar-refractivity contribution is 8.44. The maximum absolute atomic E-state index is 2.40. The Morgan fingerprint density at radius 1 is 1.17 bits per heavy atom. The Labute approximate surface area is 79.1 Å². The lowest BCUT2D eigenvalue weighted by Crippen LogP contribution is -1.52. The van der Waals surface area contributed by atoms with Crippen LogP contribution in [0.4, 0.5) is 0 Å². The fraction of sp³-hybridized carbons (Fsp3) is 0. The van der Waals surface area contributed by atoms with Gasteiger partial charge in [0.2, 0.25) is 0 Å². The molecule has 2 atom stereocenters. The van der Waals surface area contributed by atoms with E-state index in [0.717, 1.165) is 7.55 Å². The normalized spacial score (nSPS) is 13.8. The SMILES string of the molecule is c1cccp2[pH]pppc-2cc1. The molecule has 2 heterocycles. The number of rotatable bonds is 0. The molecular formula is C7H7P5. The lowest BCUT2D eigenvalue weighted by molar-refractivity contribution is 1.83. The quantitative estimate of drug-likeness (QED) is 0.534. The van der Waals surface area contributed by atoms with Gasteiger partial charge in [-0.2, -0.15) is 0 Å². The average Bonchev–Trinajstić information content (AvgIpc) is 2.06. The minimum atomic E-state index is 0.104. The third-order valence-electron chi connectivity index (χ3n) is 1.40. The van der Waals surface area contributed by atoms with Gasteiger partial charge in [0.05, 0.1) is 0 Å². The molecule has 0 aliphatic carbocycles. The van der Waals surface area contributed by atoms with E-state index < -0.39 is 0 Å². The standard InChI is InChI=1S/C7H7P5/c1-2-4-6-12-7(5-3-1)8-9-10-11-12/h1-6,11H. The third kappa shape index (κ3) is 2.30. The first-order valence-electron chi connectivity index (χ1n) is 3.51. The average molecular weight is 246 g/mol. The molecule has 12 heavy (non-hydrogen) atoms. The minimum Gasteiger partial charge on any atom is -0.0803 e. The van der Waals surface area contributed by atoms with Crippen LogP contribution in [0.2, 0.25) is 0 Å². The summed E-state index contributed by atoms with van der Waals surface area (Å²) in [6.07, 6.45) is 0. The second-order valence-corrected chi connectivity index (χ2v) is 14.3. The molecule has 0 radical (unpaired) electrons. The van der Waals surface area contributed by atoms with E-state index in [9.17, 15) is 0 Å². The van der Waals surface area contributed by atoms with E-state index >= 15 is 0 Å². The first-order valence-corrected chi connectivity index (χ1v) is 11.7. The van der Waals surface area contributed by atoms with Gasteiger partial charge in [0.25, 0.3) is 0 Å². The van der Waals surface area contributed by atoms with Crippen molar-refractivity contribution >= 4 is 37.7 Å². The maximum Gasteiger partial charge on any atom is 0.0337 e. The van der Waals surface area contributed by atoms with E-state index in [1.807, 2.05) is 0 Å². The van der Waals surface area contributed by atoms with Gasteiger partial charge in [-0.05, 0) is 34.8 Å². The van der Waals surface area contributed by atoms with E-state index in [4.69, 9.17) is 0 Å². The summed E-state index contributed by atoms with van der Waals surface area (Å²) in [5, 5.41) is 1.66. The van der Waals surface area contributed by atoms with Gasteiger partial charge in [0, 0.05) is 5.04 Å². The highest BCUT2D eigenvalue weighted by Crippen LogP contribution is 2.60. The molecule has 0 amide bonds. The van der Waals surface area contributed by atoms with Crippen molar-refractivity contribution in [1.29, 1.82) is 0 Å². The number of fused-ring (bicyclic) bond motifs is 1. The Kier molecular flexibility index (Phi) is 3.60. The Morgan fingerprint density at radius 2 is 2.08 bits per heavy atom. The van der Waals surface area contributed by atoms with Gasteiger partial charge < -0.3 is 0 Å². The summed E-state index contributed by atoms with van der Waals surface area (Å²) < 4.78 is 0. The summed E-state index contributed by atoms with van der Waals surface area (Å²) in [5.74, 6) is 2.40. The van der Waals surface area contributed by atoms with Crippen molar-refractivity contribution in [2.75, 3.05) is 0 Å². The first-order chi connectivity index (χ1) is 5.97. The lowest BCUT2D eigenvalue weighted by Gasteiger charge is -1.98. The van der Waals surface area contributed by atoms with Crippen LogP contribution in [0.5, 0.6) is 0 Å². The number of hydrogen-bond donors (Lipinski definition) is 0. The predicted octanol–water partition coefficient (Wildman–Crippen LogP) is 6.00. The second-order valence-electron chi connectivity index (χ2n) is 2.20. The molecule has 0 saturated carbocycles. The lowest BCUT2D eigenvalue weighted by atomic mass is 10.5. The molecule has 0 bridgehead atoms. The van der Waals surface area contributed by atoms with Crippen molar-refractivity contribution in [3.05, 3.63) is 36.1 Å². The van der Waals surface area contributed by atoms with Gasteiger partial charge in [-0.3, -0.25) is 0 Å². The van der Waals surface area contributed by atoms with Crippen molar-refractivity contribution in [2.24, 2.45) is 0 Å². The maximum atomic E-state index is 2.40. The van der Waals surface area contributed by atoms with Gasteiger partial charge in [-0.1, -0.05) is 39.0 Å². The van der Waals surface area contributed by atoms with E-state index in [0.29, 0.717) is 0 Å². The molecule has 60 valence electrons. The third-order valence-corrected chi connectivity index (χ3v) is 17.8. The fourth-order valence-electron chi connectivity index (χ4n) is 0.865. The van der Waals surface area contributed by atoms with E-state index in [-0.39, 0.29) is 7.21 Å². The Morgan fingerprint density at radius 3 is 3.08 bits per heavy atom. The Hall–Kier alpha value is 0.590. The largest absolute Gasteiger partial charge is 0.0803 e. The van der Waals surface area contributed by atoms with Crippen LogP contribution in [0.3, 0.4) is 0 Å². The van der Waals surface area contributed by atoms with E-state index in [2.05, 4.69) is 36.1 Å². The first kappa shape index (κ1) is 9.16. The van der Waals surface area contributed by atoms with Crippen LogP contribution in [0, 0.1) is 0 Å².